The highest BCUT2D eigenvalue weighted by Crippen LogP contribution is 2.21. The number of hydrogen-bond donors (Lipinski definition) is 1. The second-order valence-electron chi connectivity index (χ2n) is 5.86. The van der Waals surface area contributed by atoms with Gasteiger partial charge in [0, 0.05) is 38.6 Å². The van der Waals surface area contributed by atoms with Crippen LogP contribution in [0.1, 0.15) is 6.92 Å². The maximum Gasteiger partial charge on any atom is 0.243 e. The molecule has 1 N–H and O–H groups in total. The summed E-state index contributed by atoms with van der Waals surface area (Å²) < 4.78 is 31.8. The maximum absolute atomic E-state index is 12.7. The van der Waals surface area contributed by atoms with E-state index in [4.69, 9.17) is 4.74 Å². The second kappa shape index (κ2) is 9.38. The van der Waals surface area contributed by atoms with Crippen LogP contribution in [-0.2, 0) is 14.8 Å². The Hall–Kier alpha value is -1.35. The molecule has 1 fully saturated rings. The Balaban J connectivity index is 0.00000312. The summed E-state index contributed by atoms with van der Waals surface area (Å²) in [7, 11) is -0.194. The number of sulfonamides is 1. The van der Waals surface area contributed by atoms with Gasteiger partial charge in [0.1, 0.15) is 5.75 Å². The van der Waals surface area contributed by atoms with Gasteiger partial charge in [-0.2, -0.15) is 4.31 Å². The zero-order valence-corrected chi connectivity index (χ0v) is 16.4. The van der Waals surface area contributed by atoms with Crippen molar-refractivity contribution < 1.29 is 17.9 Å². The highest BCUT2D eigenvalue weighted by atomic mass is 35.5. The van der Waals surface area contributed by atoms with E-state index in [9.17, 15) is 13.2 Å². The highest BCUT2D eigenvalue weighted by Gasteiger charge is 2.31. The quantitative estimate of drug-likeness (QED) is 0.776. The molecule has 1 aliphatic heterocycles. The van der Waals surface area contributed by atoms with E-state index in [1.54, 1.807) is 29.2 Å². The van der Waals surface area contributed by atoms with Gasteiger partial charge in [0.15, 0.2) is 0 Å². The van der Waals surface area contributed by atoms with Gasteiger partial charge >= 0.3 is 0 Å². The molecule has 7 nitrogen and oxygen atoms in total. The van der Waals surface area contributed by atoms with Crippen molar-refractivity contribution in [3.63, 3.8) is 0 Å². The normalized spacial score (nSPS) is 16.8. The van der Waals surface area contributed by atoms with Crippen molar-refractivity contribution >= 4 is 28.3 Å². The Kier molecular flexibility index (Phi) is 8.14. The van der Waals surface area contributed by atoms with Crippen molar-refractivity contribution in [3.8, 4) is 5.75 Å². The van der Waals surface area contributed by atoms with Crippen LogP contribution < -0.4 is 10.1 Å². The summed E-state index contributed by atoms with van der Waals surface area (Å²) in [6, 6.07) is 6.35. The van der Waals surface area contributed by atoms with E-state index in [0.717, 1.165) is 0 Å². The monoisotopic (exact) mass is 391 g/mol. The molecule has 0 saturated carbocycles. The molecule has 1 aromatic carbocycles. The van der Waals surface area contributed by atoms with Gasteiger partial charge in [-0.3, -0.25) is 4.79 Å². The number of piperazine rings is 1. The first-order valence-corrected chi connectivity index (χ1v) is 9.41. The molecule has 0 spiro atoms. The SMILES string of the molecule is CNCC(C)C(=O)N1CCN(S(=O)(=O)c2ccc(OC)cc2)CC1.Cl. The zero-order valence-electron chi connectivity index (χ0n) is 14.8. The molecule has 1 aliphatic rings. The molecule has 2 rings (SSSR count). The largest absolute Gasteiger partial charge is 0.497 e. The summed E-state index contributed by atoms with van der Waals surface area (Å²) in [6.45, 7) is 3.95. The smallest absolute Gasteiger partial charge is 0.243 e. The molecule has 1 atom stereocenters. The average molecular weight is 392 g/mol. The molecule has 1 saturated heterocycles. The van der Waals surface area contributed by atoms with Crippen LogP contribution >= 0.6 is 12.4 Å². The molecular weight excluding hydrogens is 366 g/mol. The average Bonchev–Trinajstić information content (AvgIpc) is 2.61. The number of nitrogens with one attached hydrogen (secondary N) is 1. The first-order valence-electron chi connectivity index (χ1n) is 7.97. The molecule has 25 heavy (non-hydrogen) atoms. The predicted molar refractivity (Wildman–Crippen MR) is 98.7 cm³/mol. The van der Waals surface area contributed by atoms with Crippen molar-refractivity contribution in [1.82, 2.24) is 14.5 Å². The van der Waals surface area contributed by atoms with E-state index < -0.39 is 10.0 Å². The lowest BCUT2D eigenvalue weighted by atomic mass is 10.1. The first-order chi connectivity index (χ1) is 11.4. The van der Waals surface area contributed by atoms with Crippen molar-refractivity contribution in [3.05, 3.63) is 24.3 Å². The summed E-state index contributed by atoms with van der Waals surface area (Å²) >= 11 is 0. The van der Waals surface area contributed by atoms with E-state index in [1.807, 2.05) is 14.0 Å². The lowest BCUT2D eigenvalue weighted by Gasteiger charge is -2.35. The Labute approximate surface area is 155 Å². The van der Waals surface area contributed by atoms with Crippen molar-refractivity contribution in [2.24, 2.45) is 5.92 Å². The van der Waals surface area contributed by atoms with Crippen molar-refractivity contribution in [2.45, 2.75) is 11.8 Å². The van der Waals surface area contributed by atoms with Crippen LogP contribution in [0.3, 0.4) is 0 Å². The van der Waals surface area contributed by atoms with Crippen molar-refractivity contribution in [2.75, 3.05) is 46.9 Å². The van der Waals surface area contributed by atoms with Crippen LogP contribution in [0, 0.1) is 5.92 Å². The Morgan fingerprint density at radius 3 is 2.24 bits per heavy atom. The molecule has 0 radical (unpaired) electrons. The summed E-state index contributed by atoms with van der Waals surface area (Å²) in [4.78, 5) is 14.3. The molecule has 1 aromatic rings. The molecule has 0 aliphatic carbocycles. The molecule has 0 aromatic heterocycles. The molecule has 0 bridgehead atoms. The van der Waals surface area contributed by atoms with E-state index in [1.165, 1.54) is 11.4 Å². The number of hydrogen-bond acceptors (Lipinski definition) is 5. The molecule has 1 amide bonds. The zero-order chi connectivity index (χ0) is 17.7. The van der Waals surface area contributed by atoms with Gasteiger partial charge < -0.3 is 15.0 Å². The van der Waals surface area contributed by atoms with E-state index in [-0.39, 0.29) is 29.1 Å². The number of carbonyl (C=O) groups excluding carboxylic acids is 1. The summed E-state index contributed by atoms with van der Waals surface area (Å²) in [6.07, 6.45) is 0. The summed E-state index contributed by atoms with van der Waals surface area (Å²) in [5.74, 6) is 0.563. The number of halogens is 1. The number of amides is 1. The number of ether oxygens (including phenoxy) is 1. The third-order valence-corrected chi connectivity index (χ3v) is 6.09. The fraction of sp³-hybridized carbons (Fsp3) is 0.562. The third kappa shape index (κ3) is 5.07. The van der Waals surface area contributed by atoms with Crippen LogP contribution in [0.5, 0.6) is 5.75 Å². The van der Waals surface area contributed by atoms with Crippen LogP contribution in [0.2, 0.25) is 0 Å². The molecule has 1 heterocycles. The first kappa shape index (κ1) is 21.7. The lowest BCUT2D eigenvalue weighted by molar-refractivity contribution is -0.136. The van der Waals surface area contributed by atoms with Gasteiger partial charge in [0.25, 0.3) is 0 Å². The maximum atomic E-state index is 12.7. The highest BCUT2D eigenvalue weighted by molar-refractivity contribution is 7.89. The van der Waals surface area contributed by atoms with E-state index >= 15 is 0 Å². The van der Waals surface area contributed by atoms with Crippen LogP contribution in [0.25, 0.3) is 0 Å². The summed E-state index contributed by atoms with van der Waals surface area (Å²) in [5, 5.41) is 2.99. The second-order valence-corrected chi connectivity index (χ2v) is 7.80. The fourth-order valence-electron chi connectivity index (χ4n) is 2.75. The third-order valence-electron chi connectivity index (χ3n) is 4.18. The summed E-state index contributed by atoms with van der Waals surface area (Å²) in [5.41, 5.74) is 0. The van der Waals surface area contributed by atoms with Gasteiger partial charge in [0.2, 0.25) is 15.9 Å². The van der Waals surface area contributed by atoms with E-state index in [2.05, 4.69) is 5.32 Å². The van der Waals surface area contributed by atoms with Gasteiger partial charge in [-0.1, -0.05) is 6.92 Å². The van der Waals surface area contributed by atoms with Crippen LogP contribution in [0.15, 0.2) is 29.2 Å². The number of benzene rings is 1. The minimum Gasteiger partial charge on any atom is -0.497 e. The topological polar surface area (TPSA) is 79.0 Å². The number of carbonyl (C=O) groups is 1. The lowest BCUT2D eigenvalue weighted by Crippen LogP contribution is -2.52. The van der Waals surface area contributed by atoms with Crippen LogP contribution in [-0.4, -0.2) is 70.4 Å². The minimum absolute atomic E-state index is 0. The fourth-order valence-corrected chi connectivity index (χ4v) is 4.17. The number of methoxy groups -OCH3 is 1. The Morgan fingerprint density at radius 1 is 1.20 bits per heavy atom. The molecular formula is C16H26ClN3O4S. The molecule has 142 valence electrons. The van der Waals surface area contributed by atoms with Gasteiger partial charge in [-0.25, -0.2) is 8.42 Å². The number of nitrogens with zero attached hydrogens (tertiary/aromatic N) is 2. The van der Waals surface area contributed by atoms with Crippen molar-refractivity contribution in [1.29, 1.82) is 0 Å². The van der Waals surface area contributed by atoms with Crippen LogP contribution in [0.4, 0.5) is 0 Å². The standard InChI is InChI=1S/C16H25N3O4S.ClH/c1-13(12-17-2)16(20)18-8-10-19(11-9-18)24(21,22)15-6-4-14(23-3)5-7-15;/h4-7,13,17H,8-12H2,1-3H3;1H. The van der Waals surface area contributed by atoms with Gasteiger partial charge in [-0.15, -0.1) is 12.4 Å². The Morgan fingerprint density at radius 2 is 1.76 bits per heavy atom. The minimum atomic E-state index is -3.54. The van der Waals surface area contributed by atoms with E-state index in [0.29, 0.717) is 38.5 Å². The Bertz CT molecular complexity index is 658. The molecule has 9 heteroatoms. The molecule has 1 unspecified atom stereocenters. The van der Waals surface area contributed by atoms with Gasteiger partial charge in [0.05, 0.1) is 12.0 Å². The predicted octanol–water partition coefficient (Wildman–Crippen LogP) is 0.805. The van der Waals surface area contributed by atoms with Gasteiger partial charge in [-0.05, 0) is 31.3 Å². The number of rotatable bonds is 6.